The highest BCUT2D eigenvalue weighted by molar-refractivity contribution is 14.1. The molecule has 284 valence electrons. The van der Waals surface area contributed by atoms with Crippen molar-refractivity contribution in [2.45, 2.75) is 6.92 Å². The lowest BCUT2D eigenvalue weighted by Gasteiger charge is -2.03. The Labute approximate surface area is 350 Å². The van der Waals surface area contributed by atoms with Crippen molar-refractivity contribution in [3.8, 4) is 11.1 Å². The van der Waals surface area contributed by atoms with Crippen molar-refractivity contribution in [3.63, 3.8) is 0 Å². The van der Waals surface area contributed by atoms with Crippen molar-refractivity contribution in [2.75, 3.05) is 0 Å². The lowest BCUT2D eigenvalue weighted by molar-refractivity contribution is 1.45. The first kappa shape index (κ1) is 42.0. The molecular weight excluding hydrogens is 853 g/mol. The number of nitrogens with zero attached hydrogens (tertiary/aromatic N) is 15. The van der Waals surface area contributed by atoms with Crippen LogP contribution in [0.3, 0.4) is 0 Å². The fraction of sp³-hybridized carbons (Fsp3) is 0.0233. The third-order valence-corrected chi connectivity index (χ3v) is 9.45. The van der Waals surface area contributed by atoms with Gasteiger partial charge in [0.1, 0.15) is 0 Å². The maximum atomic E-state index is 8.43. The Balaban J connectivity index is 0.000000150. The smallest absolute Gasteiger partial charge is 0.0454 e. The molecule has 0 heterocycles. The molecule has 8 rings (SSSR count). The number of benzene rings is 8. The summed E-state index contributed by atoms with van der Waals surface area (Å²) in [6.07, 6.45) is 0. The van der Waals surface area contributed by atoms with E-state index in [0.717, 1.165) is 47.0 Å². The van der Waals surface area contributed by atoms with Gasteiger partial charge in [-0.05, 0) is 107 Å². The Kier molecular flexibility index (Phi) is 15.5. The topological polar surface area (TPSA) is 244 Å². The van der Waals surface area contributed by atoms with Crippen LogP contribution in [0.15, 0.2) is 189 Å². The molecule has 8 aromatic carbocycles. The standard InChI is InChI=1S/C13H11N3.C10H6IN3.C10H6N6.C10H7N3/c1-10-2-4-11(5-3-10)12-6-8-13(9-7-12)15-16-14;11-9-5-1-4-8-7(9)3-2-6-10(8)13-14-12;11-15-13-9-5-1-3-7-8(9)4-2-6-10(7)14-16-12;11-13-12-10-7-3-5-8-4-1-2-6-9(8)10/h2-9H,1H3;1-6H;1-6H;1-7H. The van der Waals surface area contributed by atoms with Gasteiger partial charge in [-0.15, -0.1) is 0 Å². The van der Waals surface area contributed by atoms with E-state index >= 15 is 0 Å². The molecule has 8 aromatic rings. The largest absolute Gasteiger partial charge is 0.0616 e. The molecular formula is C43H30IN15. The van der Waals surface area contributed by atoms with Crippen LogP contribution in [-0.4, -0.2) is 0 Å². The Morgan fingerprint density at radius 1 is 0.356 bits per heavy atom. The Morgan fingerprint density at radius 2 is 0.712 bits per heavy atom. The molecule has 0 radical (unpaired) electrons. The van der Waals surface area contributed by atoms with E-state index in [4.69, 9.17) is 27.7 Å². The molecule has 0 aromatic heterocycles. The minimum Gasteiger partial charge on any atom is -0.0616 e. The summed E-state index contributed by atoms with van der Waals surface area (Å²) in [5, 5.41) is 23.7. The van der Waals surface area contributed by atoms with Crippen molar-refractivity contribution in [3.05, 3.63) is 225 Å². The van der Waals surface area contributed by atoms with Gasteiger partial charge in [0.05, 0.1) is 0 Å². The SMILES string of the molecule is Cc1ccc(-c2ccc(N=[N+]=[N-])cc2)cc1.[N-]=[N+]=Nc1cccc2c(I)cccc12.[N-]=[N+]=Nc1cccc2c(N=[N+]=[N-])cccc12.[N-]=[N+]=Nc1cccc2ccccc12. The minimum absolute atomic E-state index is 0.523. The Bertz CT molecular complexity index is 2930. The van der Waals surface area contributed by atoms with E-state index in [0.29, 0.717) is 28.4 Å². The lowest BCUT2D eigenvalue weighted by atomic mass is 10.0. The third kappa shape index (κ3) is 11.4. The van der Waals surface area contributed by atoms with Gasteiger partial charge in [0, 0.05) is 56.6 Å². The van der Waals surface area contributed by atoms with Crippen molar-refractivity contribution < 1.29 is 0 Å². The summed E-state index contributed by atoms with van der Waals surface area (Å²) in [5.74, 6) is 0. The molecule has 0 atom stereocenters. The number of hydrogen-bond donors (Lipinski definition) is 0. The predicted octanol–water partition coefficient (Wildman–Crippen LogP) is 17.5. The van der Waals surface area contributed by atoms with Crippen LogP contribution in [0.5, 0.6) is 0 Å². The van der Waals surface area contributed by atoms with E-state index in [1.165, 1.54) is 5.56 Å². The lowest BCUT2D eigenvalue weighted by Crippen LogP contribution is -1.77. The van der Waals surface area contributed by atoms with E-state index in [9.17, 15) is 0 Å². The highest BCUT2D eigenvalue weighted by Gasteiger charge is 2.03. The summed E-state index contributed by atoms with van der Waals surface area (Å²) in [5.41, 5.74) is 48.5. The quantitative estimate of drug-likeness (QED) is 0.0655. The normalized spacial score (nSPS) is 9.53. The van der Waals surface area contributed by atoms with E-state index < -0.39 is 0 Å². The second kappa shape index (κ2) is 21.8. The van der Waals surface area contributed by atoms with Crippen molar-refractivity contribution in [1.29, 1.82) is 0 Å². The van der Waals surface area contributed by atoms with E-state index in [1.807, 2.05) is 115 Å². The van der Waals surface area contributed by atoms with Crippen LogP contribution in [0.1, 0.15) is 5.56 Å². The Hall–Kier alpha value is -8.18. The molecule has 15 nitrogen and oxygen atoms in total. The van der Waals surface area contributed by atoms with Crippen LogP contribution in [0.25, 0.3) is 95.7 Å². The van der Waals surface area contributed by atoms with Crippen molar-refractivity contribution in [1.82, 2.24) is 0 Å². The minimum atomic E-state index is 0.523. The van der Waals surface area contributed by atoms with Crippen LogP contribution in [-0.2, 0) is 0 Å². The van der Waals surface area contributed by atoms with Crippen LogP contribution in [0.4, 0.5) is 28.4 Å². The zero-order chi connectivity index (χ0) is 41.8. The molecule has 0 spiro atoms. The van der Waals surface area contributed by atoms with Gasteiger partial charge in [-0.25, -0.2) is 0 Å². The summed E-state index contributed by atoms with van der Waals surface area (Å²) in [6.45, 7) is 2.06. The van der Waals surface area contributed by atoms with Crippen LogP contribution in [0.2, 0.25) is 0 Å². The number of hydrogen-bond acceptors (Lipinski definition) is 5. The van der Waals surface area contributed by atoms with Gasteiger partial charge in [-0.3, -0.25) is 0 Å². The number of rotatable bonds is 6. The van der Waals surface area contributed by atoms with Gasteiger partial charge >= 0.3 is 0 Å². The molecule has 0 aliphatic heterocycles. The molecule has 59 heavy (non-hydrogen) atoms. The molecule has 0 saturated carbocycles. The Morgan fingerprint density at radius 3 is 1.20 bits per heavy atom. The molecule has 16 heteroatoms. The maximum absolute atomic E-state index is 8.43. The molecule has 0 N–H and O–H groups in total. The van der Waals surface area contributed by atoms with Gasteiger partial charge < -0.3 is 0 Å². The number of halogens is 1. The van der Waals surface area contributed by atoms with Gasteiger partial charge in [0.2, 0.25) is 0 Å². The maximum Gasteiger partial charge on any atom is 0.0454 e. The third-order valence-electron chi connectivity index (χ3n) is 8.51. The molecule has 0 amide bonds. The first-order valence-corrected chi connectivity index (χ1v) is 18.6. The molecule has 0 aliphatic rings. The fourth-order valence-corrected chi connectivity index (χ4v) is 6.48. The van der Waals surface area contributed by atoms with Crippen molar-refractivity contribution >= 4 is 83.3 Å². The predicted molar refractivity (Wildman–Crippen MR) is 245 cm³/mol. The average Bonchev–Trinajstić information content (AvgIpc) is 3.26. The zero-order valence-corrected chi connectivity index (χ0v) is 33.3. The van der Waals surface area contributed by atoms with Gasteiger partial charge in [-0.1, -0.05) is 189 Å². The monoisotopic (exact) mass is 883 g/mol. The summed E-state index contributed by atoms with van der Waals surface area (Å²) in [7, 11) is 0. The zero-order valence-electron chi connectivity index (χ0n) is 31.2. The highest BCUT2D eigenvalue weighted by atomic mass is 127. The first-order chi connectivity index (χ1) is 28.9. The second-order valence-electron chi connectivity index (χ2n) is 12.1. The summed E-state index contributed by atoms with van der Waals surface area (Å²) in [6, 6.07) is 51.6. The van der Waals surface area contributed by atoms with Crippen molar-refractivity contribution in [2.24, 2.45) is 25.6 Å². The number of fused-ring (bicyclic) bond motifs is 3. The van der Waals surface area contributed by atoms with E-state index in [2.05, 4.69) is 104 Å². The number of azide groups is 5. The van der Waals surface area contributed by atoms with Crippen LogP contribution >= 0.6 is 22.6 Å². The van der Waals surface area contributed by atoms with E-state index in [1.54, 1.807) is 24.3 Å². The molecule has 0 aliphatic carbocycles. The van der Waals surface area contributed by atoms with Gasteiger partial charge in [-0.2, -0.15) is 0 Å². The molecule has 0 fully saturated rings. The van der Waals surface area contributed by atoms with Gasteiger partial charge in [0.25, 0.3) is 0 Å². The van der Waals surface area contributed by atoms with E-state index in [-0.39, 0.29) is 0 Å². The van der Waals surface area contributed by atoms with Crippen LogP contribution < -0.4 is 0 Å². The highest BCUT2D eigenvalue weighted by Crippen LogP contribution is 2.33. The van der Waals surface area contributed by atoms with Gasteiger partial charge in [0.15, 0.2) is 0 Å². The second-order valence-corrected chi connectivity index (χ2v) is 13.3. The number of aryl methyl sites for hydroxylation is 1. The molecule has 0 unspecified atom stereocenters. The summed E-state index contributed by atoms with van der Waals surface area (Å²) < 4.78 is 1.16. The summed E-state index contributed by atoms with van der Waals surface area (Å²) >= 11 is 2.27. The first-order valence-electron chi connectivity index (χ1n) is 17.5. The fourth-order valence-electron chi connectivity index (χ4n) is 5.80. The summed E-state index contributed by atoms with van der Waals surface area (Å²) in [4.78, 5) is 13.8. The molecule has 0 saturated heterocycles. The molecule has 0 bridgehead atoms. The van der Waals surface area contributed by atoms with Crippen LogP contribution in [0, 0.1) is 10.5 Å². The average molecular weight is 884 g/mol.